The molecule has 0 saturated carbocycles. The number of fused-ring (bicyclic) bond motifs is 1. The zero-order valence-electron chi connectivity index (χ0n) is 21.3. The number of thioether (sulfide) groups is 1. The first-order valence-corrected chi connectivity index (χ1v) is 13.8. The van der Waals surface area contributed by atoms with Gasteiger partial charge in [-0.2, -0.15) is 0 Å². The van der Waals surface area contributed by atoms with Crippen molar-refractivity contribution in [1.82, 2.24) is 14.3 Å². The highest BCUT2D eigenvalue weighted by Crippen LogP contribution is 2.35. The van der Waals surface area contributed by atoms with E-state index >= 15 is 0 Å². The average Bonchev–Trinajstić information content (AvgIpc) is 3.19. The maximum Gasteiger partial charge on any atom is 0.309 e. The van der Waals surface area contributed by atoms with Crippen LogP contribution in [0, 0.1) is 12.8 Å². The van der Waals surface area contributed by atoms with Crippen molar-refractivity contribution in [3.8, 4) is 0 Å². The fraction of sp³-hybridized carbons (Fsp3) is 0.321. The number of rotatable bonds is 6. The molecule has 0 atom stereocenters. The van der Waals surface area contributed by atoms with Gasteiger partial charge in [-0.05, 0) is 50.5 Å². The highest BCUT2D eigenvalue weighted by Gasteiger charge is 2.34. The fourth-order valence-electron chi connectivity index (χ4n) is 4.69. The van der Waals surface area contributed by atoms with Crippen molar-refractivity contribution >= 4 is 57.7 Å². The van der Waals surface area contributed by atoms with E-state index in [2.05, 4.69) is 0 Å². The number of hydrogen-bond acceptors (Lipinski definition) is 8. The molecule has 8 nitrogen and oxygen atoms in total. The molecule has 2 saturated heterocycles. The van der Waals surface area contributed by atoms with Gasteiger partial charge in [0.25, 0.3) is 11.5 Å². The van der Waals surface area contributed by atoms with Gasteiger partial charge in [0.2, 0.25) is 0 Å². The van der Waals surface area contributed by atoms with E-state index in [1.165, 1.54) is 16.2 Å². The molecule has 38 heavy (non-hydrogen) atoms. The molecule has 0 radical (unpaired) electrons. The Morgan fingerprint density at radius 1 is 1.16 bits per heavy atom. The number of ether oxygens (including phenoxy) is 1. The van der Waals surface area contributed by atoms with Gasteiger partial charge in [0.15, 0.2) is 0 Å². The molecule has 5 rings (SSSR count). The number of carbonyl (C=O) groups excluding carboxylic acids is 2. The van der Waals surface area contributed by atoms with Crippen molar-refractivity contribution in [1.29, 1.82) is 0 Å². The van der Waals surface area contributed by atoms with E-state index in [0.29, 0.717) is 65.3 Å². The number of pyridine rings is 1. The van der Waals surface area contributed by atoms with Crippen LogP contribution in [-0.4, -0.2) is 50.2 Å². The van der Waals surface area contributed by atoms with Crippen LogP contribution in [0.4, 0.5) is 5.82 Å². The Morgan fingerprint density at radius 2 is 1.89 bits per heavy atom. The van der Waals surface area contributed by atoms with E-state index in [1.807, 2.05) is 42.2 Å². The van der Waals surface area contributed by atoms with Crippen molar-refractivity contribution < 1.29 is 14.3 Å². The van der Waals surface area contributed by atoms with Gasteiger partial charge in [-0.15, -0.1) is 0 Å². The minimum Gasteiger partial charge on any atom is -0.466 e. The molecule has 0 unspecified atom stereocenters. The van der Waals surface area contributed by atoms with Gasteiger partial charge < -0.3 is 9.64 Å². The predicted octanol–water partition coefficient (Wildman–Crippen LogP) is 4.18. The van der Waals surface area contributed by atoms with Gasteiger partial charge in [-0.3, -0.25) is 23.7 Å². The molecule has 10 heteroatoms. The quantitative estimate of drug-likeness (QED) is 0.258. The SMILES string of the molecule is CCOC(=O)C1CCN(c2nc3ccccn3c(=O)c2C=C2SC(=S)N(Cc3ccc(C)cc3)C2=O)CC1. The van der Waals surface area contributed by atoms with Crippen LogP contribution >= 0.6 is 24.0 Å². The Balaban J connectivity index is 1.48. The molecule has 2 fully saturated rings. The number of carbonyl (C=O) groups is 2. The summed E-state index contributed by atoms with van der Waals surface area (Å²) in [5.41, 5.74) is 2.71. The van der Waals surface area contributed by atoms with Gasteiger partial charge in [-0.25, -0.2) is 4.98 Å². The third kappa shape index (κ3) is 5.23. The van der Waals surface area contributed by atoms with Gasteiger partial charge in [0.1, 0.15) is 15.8 Å². The summed E-state index contributed by atoms with van der Waals surface area (Å²) in [6.07, 6.45) is 4.50. The number of esters is 1. The smallest absolute Gasteiger partial charge is 0.309 e. The largest absolute Gasteiger partial charge is 0.466 e. The predicted molar refractivity (Wildman–Crippen MR) is 153 cm³/mol. The third-order valence-electron chi connectivity index (χ3n) is 6.77. The number of amides is 1. The van der Waals surface area contributed by atoms with Crippen molar-refractivity contribution in [2.45, 2.75) is 33.2 Å². The van der Waals surface area contributed by atoms with Gasteiger partial charge in [0.05, 0.1) is 29.5 Å². The number of piperidine rings is 1. The van der Waals surface area contributed by atoms with Crippen LogP contribution in [0.2, 0.25) is 0 Å². The van der Waals surface area contributed by atoms with Crippen molar-refractivity contribution in [3.05, 3.63) is 80.6 Å². The molecule has 0 aliphatic carbocycles. The van der Waals surface area contributed by atoms with E-state index in [0.717, 1.165) is 11.1 Å². The van der Waals surface area contributed by atoms with Crippen LogP contribution in [0.1, 0.15) is 36.5 Å². The molecule has 1 amide bonds. The molecule has 1 aromatic carbocycles. The summed E-state index contributed by atoms with van der Waals surface area (Å²) < 4.78 is 7.13. The highest BCUT2D eigenvalue weighted by atomic mass is 32.2. The molecule has 2 aromatic heterocycles. The fourth-order valence-corrected chi connectivity index (χ4v) is 5.93. The second-order valence-corrected chi connectivity index (χ2v) is 11.0. The molecule has 3 aromatic rings. The lowest BCUT2D eigenvalue weighted by Gasteiger charge is -2.32. The Kier molecular flexibility index (Phi) is 7.62. The maximum absolute atomic E-state index is 13.6. The highest BCUT2D eigenvalue weighted by molar-refractivity contribution is 8.26. The minimum absolute atomic E-state index is 0.172. The summed E-state index contributed by atoms with van der Waals surface area (Å²) in [6, 6.07) is 13.3. The zero-order valence-corrected chi connectivity index (χ0v) is 22.9. The first-order chi connectivity index (χ1) is 18.4. The molecule has 0 N–H and O–H groups in total. The Bertz CT molecular complexity index is 1490. The van der Waals surface area contributed by atoms with Gasteiger partial charge >= 0.3 is 5.97 Å². The zero-order chi connectivity index (χ0) is 26.8. The Morgan fingerprint density at radius 3 is 2.61 bits per heavy atom. The minimum atomic E-state index is -0.262. The monoisotopic (exact) mass is 548 g/mol. The van der Waals surface area contributed by atoms with E-state index in [1.54, 1.807) is 36.2 Å². The summed E-state index contributed by atoms with van der Waals surface area (Å²) in [4.78, 5) is 48.0. The summed E-state index contributed by atoms with van der Waals surface area (Å²) in [7, 11) is 0. The normalized spacial score (nSPS) is 17.6. The van der Waals surface area contributed by atoms with Crippen molar-refractivity contribution in [2.24, 2.45) is 5.92 Å². The molecule has 196 valence electrons. The maximum atomic E-state index is 13.6. The molecule has 2 aliphatic heterocycles. The molecular formula is C28H28N4O4S2. The average molecular weight is 549 g/mol. The second kappa shape index (κ2) is 11.1. The lowest BCUT2D eigenvalue weighted by molar-refractivity contribution is -0.148. The van der Waals surface area contributed by atoms with Crippen LogP contribution < -0.4 is 10.5 Å². The number of thiocarbonyl (C=S) groups is 1. The van der Waals surface area contributed by atoms with Gasteiger partial charge in [-0.1, -0.05) is 59.9 Å². The second-order valence-electron chi connectivity index (χ2n) is 9.35. The topological polar surface area (TPSA) is 84.2 Å². The molecule has 2 aliphatic rings. The molecule has 0 bridgehead atoms. The number of hydrogen-bond donors (Lipinski definition) is 0. The molecule has 0 spiro atoms. The van der Waals surface area contributed by atoms with E-state index in [4.69, 9.17) is 21.9 Å². The van der Waals surface area contributed by atoms with Crippen molar-refractivity contribution in [2.75, 3.05) is 24.6 Å². The summed E-state index contributed by atoms with van der Waals surface area (Å²) in [5, 5.41) is 0. The van der Waals surface area contributed by atoms with E-state index < -0.39 is 0 Å². The summed E-state index contributed by atoms with van der Waals surface area (Å²) in [5.74, 6) is -0.0807. The first kappa shape index (κ1) is 26.1. The first-order valence-electron chi connectivity index (χ1n) is 12.6. The number of benzene rings is 1. The Hall–Kier alpha value is -3.50. The van der Waals surface area contributed by atoms with Crippen LogP contribution in [0.15, 0.2) is 58.4 Å². The lowest BCUT2D eigenvalue weighted by Crippen LogP contribution is -2.39. The van der Waals surface area contributed by atoms with E-state index in [9.17, 15) is 14.4 Å². The van der Waals surface area contributed by atoms with Crippen LogP contribution in [-0.2, 0) is 20.9 Å². The summed E-state index contributed by atoms with van der Waals surface area (Å²) in [6.45, 7) is 5.64. The number of aryl methyl sites for hydroxylation is 1. The summed E-state index contributed by atoms with van der Waals surface area (Å²) >= 11 is 6.73. The Labute approximate surface area is 230 Å². The van der Waals surface area contributed by atoms with Crippen LogP contribution in [0.5, 0.6) is 0 Å². The molecular weight excluding hydrogens is 520 g/mol. The van der Waals surface area contributed by atoms with Crippen LogP contribution in [0.25, 0.3) is 11.7 Å². The number of aromatic nitrogens is 2. The third-order valence-corrected chi connectivity index (χ3v) is 8.15. The van der Waals surface area contributed by atoms with Crippen LogP contribution in [0.3, 0.4) is 0 Å². The van der Waals surface area contributed by atoms with Gasteiger partial charge in [0, 0.05) is 19.3 Å². The lowest BCUT2D eigenvalue weighted by atomic mass is 9.96. The van der Waals surface area contributed by atoms with Crippen molar-refractivity contribution in [3.63, 3.8) is 0 Å². The standard InChI is InChI=1S/C28H28N4O4S2/c1-3-36-27(35)20-11-14-30(15-12-20)24-21(25(33)31-13-5-4-6-23(31)29-24)16-22-26(34)32(28(37)38-22)17-19-9-7-18(2)8-10-19/h4-10,13,16,20H,3,11-12,14-15,17H2,1-2H3. The molecule has 4 heterocycles. The van der Waals surface area contributed by atoms with E-state index in [-0.39, 0.29) is 23.4 Å². The number of anilines is 1. The number of nitrogens with zero attached hydrogens (tertiary/aromatic N) is 4.